The first-order chi connectivity index (χ1) is 7.84. The number of carbonyl (C=O) groups is 1. The first kappa shape index (κ1) is 13.4. The Morgan fingerprint density at radius 1 is 1.41 bits per heavy atom. The van der Waals surface area contributed by atoms with Gasteiger partial charge in [-0.2, -0.15) is 4.98 Å². The maximum Gasteiger partial charge on any atom is 0.348 e. The second kappa shape index (κ2) is 5.12. The highest BCUT2D eigenvalue weighted by atomic mass is 16.4. The normalized spacial score (nSPS) is 10.9. The number of carboxylic acids is 1. The van der Waals surface area contributed by atoms with Crippen LogP contribution in [0.5, 0.6) is 0 Å². The molecule has 0 aliphatic carbocycles. The molecular weight excluding hydrogens is 220 g/mol. The lowest BCUT2D eigenvalue weighted by molar-refractivity contribution is -0.136. The summed E-state index contributed by atoms with van der Waals surface area (Å²) in [6, 6.07) is 0.0270. The number of hydrogen-bond donors (Lipinski definition) is 1. The molecule has 0 aromatic carbocycles. The summed E-state index contributed by atoms with van der Waals surface area (Å²) in [4.78, 5) is 26.3. The Labute approximate surface area is 100 Å². The highest BCUT2D eigenvalue weighted by Crippen LogP contribution is 2.15. The fourth-order valence-corrected chi connectivity index (χ4v) is 2.02. The molecule has 1 heterocycles. The Morgan fingerprint density at radius 3 is 2.47 bits per heavy atom. The molecule has 0 unspecified atom stereocenters. The SMILES string of the molecule is Cc1nc(=O)n(C(C)C)c(C)c1CCC(=O)O. The summed E-state index contributed by atoms with van der Waals surface area (Å²) < 4.78 is 1.60. The van der Waals surface area contributed by atoms with Gasteiger partial charge in [0, 0.05) is 23.9 Å². The van der Waals surface area contributed by atoms with E-state index in [1.54, 1.807) is 11.5 Å². The minimum absolute atomic E-state index is 0.0270. The van der Waals surface area contributed by atoms with E-state index in [9.17, 15) is 9.59 Å². The van der Waals surface area contributed by atoms with E-state index in [1.165, 1.54) is 0 Å². The van der Waals surface area contributed by atoms with Gasteiger partial charge >= 0.3 is 11.7 Å². The van der Waals surface area contributed by atoms with Gasteiger partial charge < -0.3 is 5.11 Å². The predicted molar refractivity (Wildman–Crippen MR) is 64.3 cm³/mol. The molecule has 0 spiro atoms. The number of hydrogen-bond acceptors (Lipinski definition) is 3. The smallest absolute Gasteiger partial charge is 0.348 e. The molecule has 1 aromatic rings. The molecule has 0 fully saturated rings. The summed E-state index contributed by atoms with van der Waals surface area (Å²) >= 11 is 0. The van der Waals surface area contributed by atoms with Crippen molar-refractivity contribution in [1.82, 2.24) is 9.55 Å². The first-order valence-electron chi connectivity index (χ1n) is 5.65. The van der Waals surface area contributed by atoms with Gasteiger partial charge in [0.05, 0.1) is 0 Å². The van der Waals surface area contributed by atoms with Crippen LogP contribution in [0.1, 0.15) is 43.3 Å². The van der Waals surface area contributed by atoms with Crippen molar-refractivity contribution in [1.29, 1.82) is 0 Å². The van der Waals surface area contributed by atoms with Crippen LogP contribution in [-0.4, -0.2) is 20.6 Å². The number of nitrogens with zero attached hydrogens (tertiary/aromatic N) is 2. The molecule has 0 amide bonds. The van der Waals surface area contributed by atoms with Crippen LogP contribution in [0.4, 0.5) is 0 Å². The Hall–Kier alpha value is -1.65. The molecule has 5 heteroatoms. The van der Waals surface area contributed by atoms with E-state index in [0.29, 0.717) is 12.1 Å². The van der Waals surface area contributed by atoms with Crippen LogP contribution in [0.15, 0.2) is 4.79 Å². The van der Waals surface area contributed by atoms with Crippen molar-refractivity contribution in [3.8, 4) is 0 Å². The van der Waals surface area contributed by atoms with Crippen molar-refractivity contribution < 1.29 is 9.90 Å². The van der Waals surface area contributed by atoms with E-state index in [2.05, 4.69) is 4.98 Å². The average molecular weight is 238 g/mol. The van der Waals surface area contributed by atoms with Crippen LogP contribution in [0.3, 0.4) is 0 Å². The third-order valence-corrected chi connectivity index (χ3v) is 2.81. The number of aromatic nitrogens is 2. The number of aryl methyl sites for hydroxylation is 1. The molecule has 0 saturated heterocycles. The van der Waals surface area contributed by atoms with Crippen molar-refractivity contribution in [2.75, 3.05) is 0 Å². The monoisotopic (exact) mass is 238 g/mol. The molecule has 1 N–H and O–H groups in total. The molecule has 0 bridgehead atoms. The highest BCUT2D eigenvalue weighted by molar-refractivity contribution is 5.67. The Balaban J connectivity index is 3.26. The molecule has 17 heavy (non-hydrogen) atoms. The fraction of sp³-hybridized carbons (Fsp3) is 0.583. The average Bonchev–Trinajstić information content (AvgIpc) is 2.14. The van der Waals surface area contributed by atoms with Gasteiger partial charge in [-0.05, 0) is 39.7 Å². The van der Waals surface area contributed by atoms with Crippen molar-refractivity contribution >= 4 is 5.97 Å². The summed E-state index contributed by atoms with van der Waals surface area (Å²) in [6.07, 6.45) is 0.465. The molecule has 0 aliphatic heterocycles. The predicted octanol–water partition coefficient (Wildman–Crippen LogP) is 1.46. The van der Waals surface area contributed by atoms with Crippen molar-refractivity contribution in [2.45, 2.75) is 46.6 Å². The van der Waals surface area contributed by atoms with Gasteiger partial charge in [0.15, 0.2) is 0 Å². The second-order valence-corrected chi connectivity index (χ2v) is 4.40. The summed E-state index contributed by atoms with van der Waals surface area (Å²) in [5, 5.41) is 8.70. The van der Waals surface area contributed by atoms with Gasteiger partial charge in [0.2, 0.25) is 0 Å². The van der Waals surface area contributed by atoms with Crippen molar-refractivity contribution in [3.05, 3.63) is 27.4 Å². The van der Waals surface area contributed by atoms with Gasteiger partial charge in [-0.1, -0.05) is 0 Å². The minimum Gasteiger partial charge on any atom is -0.481 e. The van der Waals surface area contributed by atoms with E-state index in [-0.39, 0.29) is 18.2 Å². The largest absolute Gasteiger partial charge is 0.481 e. The van der Waals surface area contributed by atoms with Crippen LogP contribution in [0, 0.1) is 13.8 Å². The molecule has 5 nitrogen and oxygen atoms in total. The lowest BCUT2D eigenvalue weighted by atomic mass is 10.1. The molecular formula is C12H18N2O3. The molecule has 1 rings (SSSR count). The zero-order valence-corrected chi connectivity index (χ0v) is 10.6. The number of carboxylic acid groups (broad SMARTS) is 1. The highest BCUT2D eigenvalue weighted by Gasteiger charge is 2.14. The summed E-state index contributed by atoms with van der Waals surface area (Å²) in [6.45, 7) is 7.41. The van der Waals surface area contributed by atoms with Crippen LogP contribution >= 0.6 is 0 Å². The fourth-order valence-electron chi connectivity index (χ4n) is 2.02. The summed E-state index contributed by atoms with van der Waals surface area (Å²) in [5.41, 5.74) is 2.04. The van der Waals surface area contributed by atoms with Gasteiger partial charge in [0.1, 0.15) is 0 Å². The summed E-state index contributed by atoms with van der Waals surface area (Å²) in [7, 11) is 0. The maximum atomic E-state index is 11.7. The van der Waals surface area contributed by atoms with E-state index in [0.717, 1.165) is 11.3 Å². The number of aliphatic carboxylic acids is 1. The van der Waals surface area contributed by atoms with Crippen LogP contribution in [-0.2, 0) is 11.2 Å². The zero-order chi connectivity index (χ0) is 13.2. The minimum atomic E-state index is -0.842. The van der Waals surface area contributed by atoms with Gasteiger partial charge in [-0.25, -0.2) is 4.79 Å². The van der Waals surface area contributed by atoms with Crippen LogP contribution in [0.25, 0.3) is 0 Å². The Bertz CT molecular complexity index is 489. The standard InChI is InChI=1S/C12H18N2O3/c1-7(2)14-9(4)10(5-6-11(15)16)8(3)13-12(14)17/h7H,5-6H2,1-4H3,(H,15,16). The molecule has 0 radical (unpaired) electrons. The molecule has 0 aliphatic rings. The van der Waals surface area contributed by atoms with Gasteiger partial charge in [-0.3, -0.25) is 9.36 Å². The van der Waals surface area contributed by atoms with E-state index < -0.39 is 5.97 Å². The molecule has 0 saturated carbocycles. The van der Waals surface area contributed by atoms with Crippen LogP contribution in [0.2, 0.25) is 0 Å². The lowest BCUT2D eigenvalue weighted by Crippen LogP contribution is -2.29. The van der Waals surface area contributed by atoms with E-state index >= 15 is 0 Å². The lowest BCUT2D eigenvalue weighted by Gasteiger charge is -2.17. The van der Waals surface area contributed by atoms with Gasteiger partial charge in [0.25, 0.3) is 0 Å². The topological polar surface area (TPSA) is 72.2 Å². The Morgan fingerprint density at radius 2 is 2.00 bits per heavy atom. The van der Waals surface area contributed by atoms with Gasteiger partial charge in [-0.15, -0.1) is 0 Å². The molecule has 0 atom stereocenters. The Kier molecular flexibility index (Phi) is 4.04. The summed E-state index contributed by atoms with van der Waals surface area (Å²) in [5.74, 6) is -0.842. The van der Waals surface area contributed by atoms with Crippen molar-refractivity contribution in [3.63, 3.8) is 0 Å². The maximum absolute atomic E-state index is 11.7. The van der Waals surface area contributed by atoms with Crippen LogP contribution < -0.4 is 5.69 Å². The van der Waals surface area contributed by atoms with E-state index in [4.69, 9.17) is 5.11 Å². The quantitative estimate of drug-likeness (QED) is 0.861. The molecule has 1 aromatic heterocycles. The molecule has 94 valence electrons. The second-order valence-electron chi connectivity index (χ2n) is 4.40. The third-order valence-electron chi connectivity index (χ3n) is 2.81. The van der Waals surface area contributed by atoms with Crippen molar-refractivity contribution in [2.24, 2.45) is 0 Å². The zero-order valence-electron chi connectivity index (χ0n) is 10.6. The third kappa shape index (κ3) is 2.93. The van der Waals surface area contributed by atoms with E-state index in [1.807, 2.05) is 20.8 Å². The first-order valence-corrected chi connectivity index (χ1v) is 5.65. The number of rotatable bonds is 4.